The number of carbonyl (C=O) groups is 2. The predicted molar refractivity (Wildman–Crippen MR) is 133 cm³/mol. The van der Waals surface area contributed by atoms with Gasteiger partial charge in [-0.05, 0) is 37.6 Å². The predicted octanol–water partition coefficient (Wildman–Crippen LogP) is 3.76. The number of pyridine rings is 1. The molecule has 0 radical (unpaired) electrons. The van der Waals surface area contributed by atoms with Crippen molar-refractivity contribution in [1.29, 1.82) is 0 Å². The minimum atomic E-state index is -4.75. The fraction of sp³-hybridized carbons (Fsp3) is 0.217. The van der Waals surface area contributed by atoms with Gasteiger partial charge in [-0.3, -0.25) is 23.6 Å². The standard InChI is InChI=1S/C23H20F3N9O2S/c1-3-33-10-14(12(2)31-33)13-9-16(23(24,25)26)29-22-17(13)18(19(38-22)20(27)36)30-21(37)15-5-8-35(32-15)11-34-7-4-6-28-34/h4-10H,3,11H2,1-2H3,(H2,27,36)(H,30,37). The van der Waals surface area contributed by atoms with E-state index in [1.165, 1.54) is 10.7 Å². The molecule has 3 N–H and O–H groups in total. The van der Waals surface area contributed by atoms with E-state index in [1.807, 2.05) is 6.92 Å². The zero-order chi connectivity index (χ0) is 27.2. The molecule has 11 nitrogen and oxygen atoms in total. The van der Waals surface area contributed by atoms with Gasteiger partial charge in [0, 0.05) is 42.3 Å². The van der Waals surface area contributed by atoms with Crippen LogP contribution in [0.25, 0.3) is 21.3 Å². The average Bonchev–Trinajstić information content (AvgIpc) is 3.65. The highest BCUT2D eigenvalue weighted by atomic mass is 32.1. The molecule has 15 heteroatoms. The van der Waals surface area contributed by atoms with Crippen LogP contribution in [0.2, 0.25) is 0 Å². The van der Waals surface area contributed by atoms with Crippen molar-refractivity contribution < 1.29 is 22.8 Å². The van der Waals surface area contributed by atoms with Gasteiger partial charge in [-0.1, -0.05) is 0 Å². The van der Waals surface area contributed by atoms with E-state index in [0.717, 1.165) is 6.07 Å². The number of hydrogen-bond donors (Lipinski definition) is 2. The Kier molecular flexibility index (Phi) is 6.22. The fourth-order valence-corrected chi connectivity index (χ4v) is 4.97. The second-order valence-electron chi connectivity index (χ2n) is 8.27. The first kappa shape index (κ1) is 25.1. The number of amides is 2. The first-order valence-corrected chi connectivity index (χ1v) is 12.1. The number of aryl methyl sites for hydroxylation is 2. The second-order valence-corrected chi connectivity index (χ2v) is 9.27. The lowest BCUT2D eigenvalue weighted by atomic mass is 10.0. The molecule has 0 aliphatic heterocycles. The smallest absolute Gasteiger partial charge is 0.365 e. The van der Waals surface area contributed by atoms with Gasteiger partial charge in [0.25, 0.3) is 11.8 Å². The summed E-state index contributed by atoms with van der Waals surface area (Å²) in [6.07, 6.45) is 1.76. The molecule has 2 amide bonds. The SMILES string of the molecule is CCn1cc(-c2cc(C(F)(F)F)nc3sc(C(N)=O)c(NC(=O)c4ccn(Cn5cccn5)n4)c23)c(C)n1. The number of anilines is 1. The van der Waals surface area contributed by atoms with E-state index in [2.05, 4.69) is 25.6 Å². The number of hydrogen-bond acceptors (Lipinski definition) is 7. The van der Waals surface area contributed by atoms with E-state index in [1.54, 1.807) is 47.1 Å². The van der Waals surface area contributed by atoms with Gasteiger partial charge in [-0.15, -0.1) is 11.3 Å². The van der Waals surface area contributed by atoms with Crippen molar-refractivity contribution >= 4 is 39.1 Å². The van der Waals surface area contributed by atoms with E-state index >= 15 is 0 Å². The minimum Gasteiger partial charge on any atom is -0.365 e. The number of nitrogens with one attached hydrogen (secondary N) is 1. The molecule has 5 heterocycles. The molecule has 38 heavy (non-hydrogen) atoms. The number of primary amides is 1. The van der Waals surface area contributed by atoms with Crippen LogP contribution >= 0.6 is 11.3 Å². The zero-order valence-corrected chi connectivity index (χ0v) is 20.8. The van der Waals surface area contributed by atoms with E-state index in [0.29, 0.717) is 29.1 Å². The van der Waals surface area contributed by atoms with Crippen molar-refractivity contribution in [2.45, 2.75) is 33.2 Å². The molecule has 0 bridgehead atoms. The summed E-state index contributed by atoms with van der Waals surface area (Å²) in [6.45, 7) is 4.24. The van der Waals surface area contributed by atoms with Crippen LogP contribution in [0.1, 0.15) is 38.5 Å². The van der Waals surface area contributed by atoms with Gasteiger partial charge in [0.2, 0.25) is 0 Å². The van der Waals surface area contributed by atoms with Gasteiger partial charge < -0.3 is 11.1 Å². The fourth-order valence-electron chi connectivity index (χ4n) is 3.96. The lowest BCUT2D eigenvalue weighted by Gasteiger charge is -2.11. The quantitative estimate of drug-likeness (QED) is 0.321. The van der Waals surface area contributed by atoms with Gasteiger partial charge in [0.05, 0.1) is 11.4 Å². The van der Waals surface area contributed by atoms with Crippen molar-refractivity contribution in [3.05, 3.63) is 64.9 Å². The van der Waals surface area contributed by atoms with Gasteiger partial charge in [0.1, 0.15) is 22.1 Å². The number of alkyl halides is 3. The summed E-state index contributed by atoms with van der Waals surface area (Å²) in [7, 11) is 0. The number of nitrogens with two attached hydrogens (primary N) is 1. The van der Waals surface area contributed by atoms with Crippen LogP contribution < -0.4 is 11.1 Å². The first-order valence-electron chi connectivity index (χ1n) is 11.3. The first-order chi connectivity index (χ1) is 18.0. The molecule has 5 aromatic heterocycles. The molecular weight excluding hydrogens is 523 g/mol. The Morgan fingerprint density at radius 3 is 2.55 bits per heavy atom. The van der Waals surface area contributed by atoms with Gasteiger partial charge in [0.15, 0.2) is 5.69 Å². The van der Waals surface area contributed by atoms with Crippen LogP contribution in [0.15, 0.2) is 43.0 Å². The van der Waals surface area contributed by atoms with Gasteiger partial charge >= 0.3 is 6.18 Å². The second kappa shape index (κ2) is 9.41. The number of thiophene rings is 1. The number of nitrogens with zero attached hydrogens (tertiary/aromatic N) is 7. The third-order valence-corrected chi connectivity index (χ3v) is 6.80. The summed E-state index contributed by atoms with van der Waals surface area (Å²) in [4.78, 5) is 29.0. The molecule has 5 rings (SSSR count). The monoisotopic (exact) mass is 543 g/mol. The Labute approximate surface area is 216 Å². The highest BCUT2D eigenvalue weighted by Gasteiger charge is 2.35. The molecule has 0 aromatic carbocycles. The molecule has 0 aliphatic rings. The van der Waals surface area contributed by atoms with Crippen molar-refractivity contribution in [3.8, 4) is 11.1 Å². The van der Waals surface area contributed by atoms with E-state index in [9.17, 15) is 22.8 Å². The van der Waals surface area contributed by atoms with Crippen molar-refractivity contribution in [1.82, 2.24) is 34.3 Å². The summed E-state index contributed by atoms with van der Waals surface area (Å²) in [6, 6.07) is 4.10. The lowest BCUT2D eigenvalue weighted by molar-refractivity contribution is -0.140. The van der Waals surface area contributed by atoms with E-state index < -0.39 is 23.7 Å². The Morgan fingerprint density at radius 2 is 1.92 bits per heavy atom. The van der Waals surface area contributed by atoms with Gasteiger partial charge in [-0.2, -0.15) is 28.5 Å². The largest absolute Gasteiger partial charge is 0.433 e. The number of halogens is 3. The molecule has 5 aromatic rings. The van der Waals surface area contributed by atoms with Crippen LogP contribution in [0.4, 0.5) is 18.9 Å². The normalized spacial score (nSPS) is 11.8. The summed E-state index contributed by atoms with van der Waals surface area (Å²) < 4.78 is 45.9. The molecule has 0 fully saturated rings. The third-order valence-electron chi connectivity index (χ3n) is 5.70. The van der Waals surface area contributed by atoms with E-state index in [-0.39, 0.29) is 38.7 Å². The van der Waals surface area contributed by atoms with Crippen molar-refractivity contribution in [2.24, 2.45) is 5.73 Å². The van der Waals surface area contributed by atoms with Crippen LogP contribution in [0.5, 0.6) is 0 Å². The molecular formula is C23H20F3N9O2S. The highest BCUT2D eigenvalue weighted by molar-refractivity contribution is 7.21. The van der Waals surface area contributed by atoms with Crippen LogP contribution in [0, 0.1) is 6.92 Å². The zero-order valence-electron chi connectivity index (χ0n) is 20.0. The maximum absolute atomic E-state index is 13.8. The van der Waals surface area contributed by atoms with Crippen molar-refractivity contribution in [2.75, 3.05) is 5.32 Å². The highest BCUT2D eigenvalue weighted by Crippen LogP contribution is 2.44. The molecule has 0 spiro atoms. The lowest BCUT2D eigenvalue weighted by Crippen LogP contribution is -2.18. The van der Waals surface area contributed by atoms with Gasteiger partial charge in [-0.25, -0.2) is 4.98 Å². The van der Waals surface area contributed by atoms with Crippen molar-refractivity contribution in [3.63, 3.8) is 0 Å². The van der Waals surface area contributed by atoms with Crippen LogP contribution in [-0.2, 0) is 19.4 Å². The Hall–Kier alpha value is -4.53. The van der Waals surface area contributed by atoms with Crippen LogP contribution in [0.3, 0.4) is 0 Å². The Morgan fingerprint density at radius 1 is 1.13 bits per heavy atom. The number of carbonyl (C=O) groups excluding carboxylic acids is 2. The maximum atomic E-state index is 13.8. The topological polar surface area (TPSA) is 139 Å². The summed E-state index contributed by atoms with van der Waals surface area (Å²) >= 11 is 0.670. The molecule has 0 unspecified atom stereocenters. The molecule has 0 aliphatic carbocycles. The summed E-state index contributed by atoms with van der Waals surface area (Å²) in [5.41, 5.74) is 5.38. The molecule has 196 valence electrons. The number of aromatic nitrogens is 7. The summed E-state index contributed by atoms with van der Waals surface area (Å²) in [5, 5.41) is 15.4. The number of fused-ring (bicyclic) bond motifs is 1. The Bertz CT molecular complexity index is 1670. The Balaban J connectivity index is 1.63. The third kappa shape index (κ3) is 4.63. The molecule has 0 saturated carbocycles. The molecule has 0 saturated heterocycles. The molecule has 0 atom stereocenters. The van der Waals surface area contributed by atoms with E-state index in [4.69, 9.17) is 5.73 Å². The minimum absolute atomic E-state index is 0.0170. The summed E-state index contributed by atoms with van der Waals surface area (Å²) in [5.74, 6) is -1.61. The average molecular weight is 544 g/mol. The maximum Gasteiger partial charge on any atom is 0.433 e. The van der Waals surface area contributed by atoms with Crippen LogP contribution in [-0.4, -0.2) is 46.1 Å². The number of rotatable bonds is 7.